The number of aromatic nitrogens is 2. The van der Waals surface area contributed by atoms with Gasteiger partial charge in [-0.1, -0.05) is 56.0 Å². The molecule has 0 spiro atoms. The lowest BCUT2D eigenvalue weighted by Crippen LogP contribution is -2.51. The zero-order valence-corrected chi connectivity index (χ0v) is 21.9. The molecule has 202 valence electrons. The van der Waals surface area contributed by atoms with Gasteiger partial charge in [-0.15, -0.1) is 0 Å². The van der Waals surface area contributed by atoms with Gasteiger partial charge in [0, 0.05) is 24.9 Å². The summed E-state index contributed by atoms with van der Waals surface area (Å²) in [5.74, 6) is -2.41. The summed E-state index contributed by atoms with van der Waals surface area (Å²) in [5, 5.41) is 12.1. The second-order valence-corrected chi connectivity index (χ2v) is 9.50. The van der Waals surface area contributed by atoms with Crippen molar-refractivity contribution in [1.82, 2.24) is 14.9 Å². The van der Waals surface area contributed by atoms with Crippen molar-refractivity contribution in [2.45, 2.75) is 83.3 Å². The largest absolute Gasteiger partial charge is 0.394 e. The van der Waals surface area contributed by atoms with Crippen LogP contribution in [0.3, 0.4) is 0 Å². The van der Waals surface area contributed by atoms with Crippen LogP contribution < -0.4 is 16.8 Å². The summed E-state index contributed by atoms with van der Waals surface area (Å²) in [6.45, 7) is 1.84. The summed E-state index contributed by atoms with van der Waals surface area (Å²) in [5.41, 5.74) is 13.6. The van der Waals surface area contributed by atoms with Crippen molar-refractivity contribution in [3.05, 3.63) is 60.5 Å². The van der Waals surface area contributed by atoms with Gasteiger partial charge < -0.3 is 26.5 Å². The highest BCUT2D eigenvalue weighted by Crippen LogP contribution is 2.12. The van der Waals surface area contributed by atoms with E-state index in [2.05, 4.69) is 34.6 Å². The number of hydrogen-bond acceptors (Lipinski definition) is 6. The molecule has 0 bridgehead atoms. The molecule has 1 heterocycles. The average molecular weight is 513 g/mol. The molecule has 9 nitrogen and oxygen atoms in total. The highest BCUT2D eigenvalue weighted by Gasteiger charge is 2.30. The van der Waals surface area contributed by atoms with Crippen LogP contribution >= 0.6 is 0 Å². The van der Waals surface area contributed by atoms with Gasteiger partial charge in [0.1, 0.15) is 6.04 Å². The number of aliphatic hydroxyl groups excluding tert-OH is 1. The number of carbonyl (C=O) groups excluding carboxylic acids is 3. The number of rotatable bonds is 19. The second kappa shape index (κ2) is 16.6. The quantitative estimate of drug-likeness (QED) is 0.167. The minimum Gasteiger partial charge on any atom is -0.394 e. The topological polar surface area (TPSA) is 153 Å². The molecule has 0 aliphatic rings. The van der Waals surface area contributed by atoms with Crippen LogP contribution in [-0.4, -0.2) is 50.9 Å². The van der Waals surface area contributed by atoms with Crippen LogP contribution in [0.5, 0.6) is 0 Å². The maximum atomic E-state index is 12.6. The maximum absolute atomic E-state index is 12.6. The van der Waals surface area contributed by atoms with Gasteiger partial charge in [-0.3, -0.25) is 14.4 Å². The number of nitrogens with zero attached hydrogens (tertiary/aromatic N) is 2. The van der Waals surface area contributed by atoms with E-state index in [1.54, 1.807) is 19.4 Å². The van der Waals surface area contributed by atoms with Gasteiger partial charge in [-0.2, -0.15) is 0 Å². The van der Waals surface area contributed by atoms with E-state index < -0.39 is 42.2 Å². The number of hydrogen-bond donors (Lipinski definition) is 4. The summed E-state index contributed by atoms with van der Waals surface area (Å²) in [6.07, 6.45) is 13.1. The Kier molecular flexibility index (Phi) is 13.4. The smallest absolute Gasteiger partial charge is 0.265 e. The minimum absolute atomic E-state index is 0.188. The molecule has 1 aromatic carbocycles. The number of unbranched alkanes of at least 4 members (excludes halogenated alkanes) is 5. The van der Waals surface area contributed by atoms with E-state index in [1.165, 1.54) is 37.7 Å². The SMILES string of the molecule is C[CH+][C@H](CC(=O)[C@H](CO)NC(=O)[C@@H](N)Cc1cncn1CCCCCCCCc1ccccc1)C(N)=O. The predicted molar refractivity (Wildman–Crippen MR) is 143 cm³/mol. The van der Waals surface area contributed by atoms with Crippen molar-refractivity contribution in [3.8, 4) is 0 Å². The van der Waals surface area contributed by atoms with Gasteiger partial charge in [-0.05, 0) is 24.8 Å². The number of primary amides is 1. The van der Waals surface area contributed by atoms with Crippen molar-refractivity contribution in [2.75, 3.05) is 6.61 Å². The number of Topliss-reactive ketones (excluding diaryl/α,β-unsaturated/α-hetero) is 1. The Hall–Kier alpha value is -3.17. The normalized spacial score (nSPS) is 13.5. The van der Waals surface area contributed by atoms with Gasteiger partial charge in [0.2, 0.25) is 5.91 Å². The first-order valence-corrected chi connectivity index (χ1v) is 13.2. The van der Waals surface area contributed by atoms with Crippen molar-refractivity contribution in [2.24, 2.45) is 17.4 Å². The van der Waals surface area contributed by atoms with Crippen LogP contribution in [0.15, 0.2) is 42.9 Å². The highest BCUT2D eigenvalue weighted by atomic mass is 16.3. The van der Waals surface area contributed by atoms with Gasteiger partial charge >= 0.3 is 0 Å². The number of aliphatic hydroxyl groups is 1. The molecule has 0 fully saturated rings. The molecular formula is C28H42N5O4+. The van der Waals surface area contributed by atoms with Crippen molar-refractivity contribution in [3.63, 3.8) is 0 Å². The molecule has 0 aliphatic carbocycles. The first kappa shape index (κ1) is 30.1. The van der Waals surface area contributed by atoms with Crippen LogP contribution in [0.1, 0.15) is 63.1 Å². The Balaban J connectivity index is 1.70. The van der Waals surface area contributed by atoms with Crippen LogP contribution in [0.4, 0.5) is 0 Å². The molecule has 0 unspecified atom stereocenters. The number of nitrogens with two attached hydrogens (primary N) is 2. The van der Waals surface area contributed by atoms with Crippen LogP contribution in [0.25, 0.3) is 0 Å². The van der Waals surface area contributed by atoms with Gasteiger partial charge in [-0.25, -0.2) is 4.98 Å². The Labute approximate surface area is 220 Å². The molecule has 0 saturated carbocycles. The lowest BCUT2D eigenvalue weighted by molar-refractivity contribution is -0.131. The molecule has 9 heteroatoms. The summed E-state index contributed by atoms with van der Waals surface area (Å²) >= 11 is 0. The number of ketones is 1. The van der Waals surface area contributed by atoms with Gasteiger partial charge in [0.25, 0.3) is 5.91 Å². The van der Waals surface area contributed by atoms with Crippen LogP contribution in [-0.2, 0) is 33.8 Å². The zero-order valence-electron chi connectivity index (χ0n) is 21.9. The molecule has 6 N–H and O–H groups in total. The maximum Gasteiger partial charge on any atom is 0.265 e. The molecule has 2 rings (SSSR count). The number of nitrogens with one attached hydrogen (secondary N) is 1. The first-order chi connectivity index (χ1) is 17.8. The Morgan fingerprint density at radius 1 is 1.08 bits per heavy atom. The number of amides is 2. The minimum atomic E-state index is -1.14. The van der Waals surface area contributed by atoms with Crippen LogP contribution in [0.2, 0.25) is 0 Å². The molecule has 0 aliphatic heterocycles. The molecule has 0 radical (unpaired) electrons. The molecule has 1 aromatic heterocycles. The van der Waals surface area contributed by atoms with Crippen LogP contribution in [0, 0.1) is 12.3 Å². The zero-order chi connectivity index (χ0) is 27.0. The highest BCUT2D eigenvalue weighted by molar-refractivity contribution is 5.93. The van der Waals surface area contributed by atoms with Crippen molar-refractivity contribution >= 4 is 17.6 Å². The van der Waals surface area contributed by atoms with Crippen molar-refractivity contribution in [1.29, 1.82) is 0 Å². The van der Waals surface area contributed by atoms with E-state index in [4.69, 9.17) is 11.5 Å². The first-order valence-electron chi connectivity index (χ1n) is 13.2. The lowest BCUT2D eigenvalue weighted by atomic mass is 9.95. The van der Waals surface area contributed by atoms with E-state index in [0.717, 1.165) is 31.5 Å². The third-order valence-corrected chi connectivity index (χ3v) is 6.60. The lowest BCUT2D eigenvalue weighted by Gasteiger charge is -2.19. The Morgan fingerprint density at radius 3 is 2.41 bits per heavy atom. The second-order valence-electron chi connectivity index (χ2n) is 9.50. The fraction of sp³-hybridized carbons (Fsp3) is 0.536. The molecule has 2 amide bonds. The van der Waals surface area contributed by atoms with E-state index >= 15 is 0 Å². The predicted octanol–water partition coefficient (Wildman–Crippen LogP) is 2.10. The number of imidazole rings is 1. The van der Waals surface area contributed by atoms with E-state index in [9.17, 15) is 19.5 Å². The summed E-state index contributed by atoms with van der Waals surface area (Å²) in [4.78, 5) is 40.6. The summed E-state index contributed by atoms with van der Waals surface area (Å²) in [7, 11) is 0. The standard InChI is InChI=1S/C28H41N5O4/c1-2-22(27(30)36)16-26(35)25(19-34)32-28(37)24(29)17-23-18-31-20-33(23)15-11-6-4-3-5-8-12-21-13-9-7-10-14-21/h2,7,9-10,13-14,18,20,22,24-25,34H,3-6,8,11-12,15-17,19,29H2,1H3,(H2-,30,32,36,37)/p+1/t22-,24+,25+/m1/s1. The molecule has 0 saturated heterocycles. The van der Waals surface area contributed by atoms with E-state index in [-0.39, 0.29) is 12.8 Å². The third kappa shape index (κ3) is 10.8. The fourth-order valence-electron chi connectivity index (χ4n) is 4.25. The third-order valence-electron chi connectivity index (χ3n) is 6.60. The Morgan fingerprint density at radius 2 is 1.76 bits per heavy atom. The van der Waals surface area contributed by atoms with Crippen molar-refractivity contribution < 1.29 is 19.5 Å². The molecule has 2 aromatic rings. The number of carbonyl (C=O) groups is 3. The number of aryl methyl sites for hydroxylation is 2. The van der Waals surface area contributed by atoms with Gasteiger partial charge in [0.05, 0.1) is 38.7 Å². The van der Waals surface area contributed by atoms with E-state index in [1.807, 2.05) is 10.6 Å². The fourth-order valence-corrected chi connectivity index (χ4v) is 4.25. The summed E-state index contributed by atoms with van der Waals surface area (Å²) < 4.78 is 2.01. The molecule has 3 atom stereocenters. The number of benzene rings is 1. The molecule has 37 heavy (non-hydrogen) atoms. The molecular weight excluding hydrogens is 470 g/mol. The summed E-state index contributed by atoms with van der Waals surface area (Å²) in [6, 6.07) is 8.52. The van der Waals surface area contributed by atoms with E-state index in [0.29, 0.717) is 0 Å². The average Bonchev–Trinajstić information content (AvgIpc) is 3.33. The van der Waals surface area contributed by atoms with Gasteiger partial charge in [0.15, 0.2) is 11.7 Å². The monoisotopic (exact) mass is 512 g/mol. The Bertz CT molecular complexity index is 962.